The SMILES string of the molecule is CCN(CC)C(CNC(=O)[C@H](N)C(C)C)c1ccccc1. The lowest BCUT2D eigenvalue weighted by molar-refractivity contribution is -0.123. The summed E-state index contributed by atoms with van der Waals surface area (Å²) in [7, 11) is 0. The summed E-state index contributed by atoms with van der Waals surface area (Å²) >= 11 is 0. The Kier molecular flexibility index (Phi) is 7.40. The maximum atomic E-state index is 12.1. The van der Waals surface area contributed by atoms with E-state index in [1.165, 1.54) is 5.56 Å². The van der Waals surface area contributed by atoms with Crippen LogP contribution in [0.2, 0.25) is 0 Å². The Morgan fingerprint density at radius 2 is 1.76 bits per heavy atom. The normalized spacial score (nSPS) is 14.2. The van der Waals surface area contributed by atoms with Crippen LogP contribution in [0.4, 0.5) is 0 Å². The lowest BCUT2D eigenvalue weighted by atomic mass is 10.0. The Morgan fingerprint density at radius 1 is 1.19 bits per heavy atom. The highest BCUT2D eigenvalue weighted by Gasteiger charge is 2.21. The van der Waals surface area contributed by atoms with Crippen molar-refractivity contribution in [3.8, 4) is 0 Å². The molecule has 1 aromatic rings. The number of carbonyl (C=O) groups is 1. The number of hydrogen-bond donors (Lipinski definition) is 2. The van der Waals surface area contributed by atoms with Crippen molar-refractivity contribution in [3.05, 3.63) is 35.9 Å². The molecule has 0 aliphatic carbocycles. The molecule has 1 aromatic carbocycles. The summed E-state index contributed by atoms with van der Waals surface area (Å²) in [4.78, 5) is 14.4. The fourth-order valence-corrected chi connectivity index (χ4v) is 2.42. The number of rotatable bonds is 8. The van der Waals surface area contributed by atoms with E-state index in [1.807, 2.05) is 32.0 Å². The van der Waals surface area contributed by atoms with E-state index in [9.17, 15) is 4.79 Å². The molecule has 1 amide bonds. The molecule has 4 nitrogen and oxygen atoms in total. The Balaban J connectivity index is 2.77. The van der Waals surface area contributed by atoms with Crippen LogP contribution in [0, 0.1) is 5.92 Å². The number of nitrogens with two attached hydrogens (primary N) is 1. The second-order valence-corrected chi connectivity index (χ2v) is 5.66. The van der Waals surface area contributed by atoms with Crippen LogP contribution in [-0.2, 0) is 4.79 Å². The molecule has 0 saturated heterocycles. The van der Waals surface area contributed by atoms with Crippen molar-refractivity contribution in [2.45, 2.75) is 39.8 Å². The van der Waals surface area contributed by atoms with Crippen LogP contribution >= 0.6 is 0 Å². The largest absolute Gasteiger partial charge is 0.353 e. The van der Waals surface area contributed by atoms with Crippen LogP contribution in [0.5, 0.6) is 0 Å². The molecule has 1 rings (SSSR count). The third-order valence-corrected chi connectivity index (χ3v) is 3.93. The van der Waals surface area contributed by atoms with E-state index in [2.05, 4.69) is 36.2 Å². The number of nitrogens with one attached hydrogen (secondary N) is 1. The predicted molar refractivity (Wildman–Crippen MR) is 87.9 cm³/mol. The molecule has 118 valence electrons. The third-order valence-electron chi connectivity index (χ3n) is 3.93. The summed E-state index contributed by atoms with van der Waals surface area (Å²) in [5, 5.41) is 3.01. The quantitative estimate of drug-likeness (QED) is 0.772. The maximum Gasteiger partial charge on any atom is 0.237 e. The molecule has 4 heteroatoms. The zero-order valence-electron chi connectivity index (χ0n) is 13.7. The van der Waals surface area contributed by atoms with Crippen LogP contribution in [0.15, 0.2) is 30.3 Å². The molecule has 0 radical (unpaired) electrons. The van der Waals surface area contributed by atoms with Gasteiger partial charge in [-0.1, -0.05) is 58.0 Å². The highest BCUT2D eigenvalue weighted by atomic mass is 16.2. The van der Waals surface area contributed by atoms with Gasteiger partial charge in [0, 0.05) is 6.54 Å². The number of hydrogen-bond acceptors (Lipinski definition) is 3. The molecule has 0 aliphatic rings. The fourth-order valence-electron chi connectivity index (χ4n) is 2.42. The lowest BCUT2D eigenvalue weighted by Gasteiger charge is -2.30. The molecule has 0 aromatic heterocycles. The van der Waals surface area contributed by atoms with Crippen molar-refractivity contribution in [2.24, 2.45) is 11.7 Å². The standard InChI is InChI=1S/C17H29N3O/c1-5-20(6-2)15(14-10-8-7-9-11-14)12-19-17(21)16(18)13(3)4/h7-11,13,15-16H,5-6,12,18H2,1-4H3,(H,19,21)/t15?,16-/m1/s1. The van der Waals surface area contributed by atoms with Crippen molar-refractivity contribution in [2.75, 3.05) is 19.6 Å². The number of carbonyl (C=O) groups excluding carboxylic acids is 1. The Labute approximate surface area is 128 Å². The molecular formula is C17H29N3O. The minimum absolute atomic E-state index is 0.0712. The van der Waals surface area contributed by atoms with Gasteiger partial charge in [0.25, 0.3) is 0 Å². The Morgan fingerprint density at radius 3 is 2.24 bits per heavy atom. The first-order valence-corrected chi connectivity index (χ1v) is 7.83. The van der Waals surface area contributed by atoms with Crippen LogP contribution in [0.1, 0.15) is 39.3 Å². The van der Waals surface area contributed by atoms with Gasteiger partial charge in [-0.2, -0.15) is 0 Å². The van der Waals surface area contributed by atoms with Gasteiger partial charge in [0.1, 0.15) is 0 Å². The second kappa shape index (κ2) is 8.80. The van der Waals surface area contributed by atoms with E-state index in [-0.39, 0.29) is 17.9 Å². The third kappa shape index (κ3) is 5.14. The van der Waals surface area contributed by atoms with Gasteiger partial charge in [-0.3, -0.25) is 9.69 Å². The zero-order chi connectivity index (χ0) is 15.8. The van der Waals surface area contributed by atoms with Gasteiger partial charge in [-0.25, -0.2) is 0 Å². The molecule has 21 heavy (non-hydrogen) atoms. The van der Waals surface area contributed by atoms with Crippen molar-refractivity contribution in [3.63, 3.8) is 0 Å². The Hall–Kier alpha value is -1.39. The van der Waals surface area contributed by atoms with Crippen LogP contribution in [-0.4, -0.2) is 36.5 Å². The maximum absolute atomic E-state index is 12.1. The zero-order valence-corrected chi connectivity index (χ0v) is 13.7. The molecule has 1 unspecified atom stereocenters. The van der Waals surface area contributed by atoms with Gasteiger partial charge >= 0.3 is 0 Å². The highest BCUT2D eigenvalue weighted by Crippen LogP contribution is 2.19. The average Bonchev–Trinajstić information content (AvgIpc) is 2.51. The van der Waals surface area contributed by atoms with Gasteiger partial charge in [-0.05, 0) is 24.6 Å². The topological polar surface area (TPSA) is 58.4 Å². The van der Waals surface area contributed by atoms with Crippen molar-refractivity contribution < 1.29 is 4.79 Å². The van der Waals surface area contributed by atoms with Gasteiger partial charge < -0.3 is 11.1 Å². The number of likely N-dealkylation sites (N-methyl/N-ethyl adjacent to an activating group) is 1. The summed E-state index contributed by atoms with van der Waals surface area (Å²) in [6.07, 6.45) is 0. The molecule has 0 aliphatic heterocycles. The Bertz CT molecular complexity index is 415. The van der Waals surface area contributed by atoms with Crippen LogP contribution in [0.25, 0.3) is 0 Å². The average molecular weight is 291 g/mol. The van der Waals surface area contributed by atoms with Crippen molar-refractivity contribution in [1.29, 1.82) is 0 Å². The minimum Gasteiger partial charge on any atom is -0.353 e. The summed E-state index contributed by atoms with van der Waals surface area (Å²) in [5.41, 5.74) is 7.12. The van der Waals surface area contributed by atoms with E-state index in [0.29, 0.717) is 6.54 Å². The summed E-state index contributed by atoms with van der Waals surface area (Å²) < 4.78 is 0. The van der Waals surface area contributed by atoms with Gasteiger partial charge in [-0.15, -0.1) is 0 Å². The molecule has 0 bridgehead atoms. The number of nitrogens with zero attached hydrogens (tertiary/aromatic N) is 1. The van der Waals surface area contributed by atoms with Crippen LogP contribution < -0.4 is 11.1 Å². The molecular weight excluding hydrogens is 262 g/mol. The molecule has 2 atom stereocenters. The van der Waals surface area contributed by atoms with E-state index < -0.39 is 6.04 Å². The first-order chi connectivity index (χ1) is 10.0. The summed E-state index contributed by atoms with van der Waals surface area (Å²) in [6.45, 7) is 10.7. The predicted octanol–water partition coefficient (Wildman–Crippen LogP) is 2.17. The van der Waals surface area contributed by atoms with E-state index in [4.69, 9.17) is 5.73 Å². The lowest BCUT2D eigenvalue weighted by Crippen LogP contribution is -2.47. The second-order valence-electron chi connectivity index (χ2n) is 5.66. The minimum atomic E-state index is -0.446. The molecule has 0 fully saturated rings. The van der Waals surface area contributed by atoms with E-state index in [1.54, 1.807) is 0 Å². The molecule has 0 spiro atoms. The van der Waals surface area contributed by atoms with Crippen LogP contribution in [0.3, 0.4) is 0 Å². The van der Waals surface area contributed by atoms with Gasteiger partial charge in [0.15, 0.2) is 0 Å². The molecule has 0 saturated carbocycles. The molecule has 3 N–H and O–H groups in total. The van der Waals surface area contributed by atoms with Gasteiger partial charge in [0.05, 0.1) is 12.1 Å². The number of amides is 1. The highest BCUT2D eigenvalue weighted by molar-refractivity contribution is 5.81. The summed E-state index contributed by atoms with van der Waals surface area (Å²) in [5.74, 6) is 0.0757. The fraction of sp³-hybridized carbons (Fsp3) is 0.588. The van der Waals surface area contributed by atoms with E-state index >= 15 is 0 Å². The smallest absolute Gasteiger partial charge is 0.237 e. The first-order valence-electron chi connectivity index (χ1n) is 7.83. The van der Waals surface area contributed by atoms with Gasteiger partial charge in [0.2, 0.25) is 5.91 Å². The summed E-state index contributed by atoms with van der Waals surface area (Å²) in [6, 6.07) is 10.0. The first kappa shape index (κ1) is 17.7. The van der Waals surface area contributed by atoms with Crippen molar-refractivity contribution in [1.82, 2.24) is 10.2 Å². The molecule has 0 heterocycles. The van der Waals surface area contributed by atoms with Crippen molar-refractivity contribution >= 4 is 5.91 Å². The monoisotopic (exact) mass is 291 g/mol. The van der Waals surface area contributed by atoms with E-state index in [0.717, 1.165) is 13.1 Å². The number of benzene rings is 1.